The van der Waals surface area contributed by atoms with Crippen LogP contribution in [0.1, 0.15) is 28.6 Å². The van der Waals surface area contributed by atoms with Crippen LogP contribution < -0.4 is 4.74 Å². The molecule has 0 amide bonds. The highest BCUT2D eigenvalue weighted by Gasteiger charge is 2.23. The van der Waals surface area contributed by atoms with E-state index in [1.807, 2.05) is 18.2 Å². The molecule has 1 aromatic heterocycles. The zero-order valence-corrected chi connectivity index (χ0v) is 17.0. The van der Waals surface area contributed by atoms with Crippen LogP contribution in [0, 0.1) is 0 Å². The van der Waals surface area contributed by atoms with E-state index in [1.54, 1.807) is 7.11 Å². The van der Waals surface area contributed by atoms with Crippen molar-refractivity contribution in [3.8, 4) is 5.75 Å². The standard InChI is InChI=1S/C25H28N2O2/c1-28-23-12-10-20(11-13-23)14-15-27-16-17-29-25(19-27)24-9-5-8-22(26-24)18-21-6-3-2-4-7-21/h2-13,25H,14-19H2,1H3. The highest BCUT2D eigenvalue weighted by Crippen LogP contribution is 2.22. The van der Waals surface area contributed by atoms with Gasteiger partial charge in [-0.3, -0.25) is 9.88 Å². The second-order valence-corrected chi connectivity index (χ2v) is 7.47. The summed E-state index contributed by atoms with van der Waals surface area (Å²) in [6.45, 7) is 3.63. The quantitative estimate of drug-likeness (QED) is 0.605. The number of pyridine rings is 1. The summed E-state index contributed by atoms with van der Waals surface area (Å²) in [6, 6.07) is 25.1. The third kappa shape index (κ3) is 5.43. The third-order valence-electron chi connectivity index (χ3n) is 5.41. The molecule has 4 nitrogen and oxygen atoms in total. The van der Waals surface area contributed by atoms with E-state index < -0.39 is 0 Å². The predicted octanol–water partition coefficient (Wildman–Crippen LogP) is 4.30. The average Bonchev–Trinajstić information content (AvgIpc) is 2.79. The van der Waals surface area contributed by atoms with Crippen LogP contribution in [0.25, 0.3) is 0 Å². The SMILES string of the molecule is COc1ccc(CCN2CCOC(c3cccc(Cc4ccccc4)n3)C2)cc1. The molecule has 4 rings (SSSR count). The van der Waals surface area contributed by atoms with Crippen molar-refractivity contribution in [2.45, 2.75) is 18.9 Å². The molecule has 1 aliphatic rings. The number of ether oxygens (including phenoxy) is 2. The van der Waals surface area contributed by atoms with E-state index in [4.69, 9.17) is 14.5 Å². The Bertz CT molecular complexity index is 896. The van der Waals surface area contributed by atoms with Gasteiger partial charge in [-0.1, -0.05) is 48.5 Å². The number of aromatic nitrogens is 1. The Hall–Kier alpha value is -2.69. The van der Waals surface area contributed by atoms with Gasteiger partial charge < -0.3 is 9.47 Å². The monoisotopic (exact) mass is 388 g/mol. The zero-order chi connectivity index (χ0) is 19.9. The van der Waals surface area contributed by atoms with E-state index in [0.29, 0.717) is 0 Å². The molecule has 0 spiro atoms. The molecule has 2 heterocycles. The van der Waals surface area contributed by atoms with Crippen molar-refractivity contribution in [3.05, 3.63) is 95.3 Å². The van der Waals surface area contributed by atoms with Gasteiger partial charge in [-0.2, -0.15) is 0 Å². The van der Waals surface area contributed by atoms with Crippen LogP contribution in [0.3, 0.4) is 0 Å². The maximum Gasteiger partial charge on any atom is 0.118 e. The highest BCUT2D eigenvalue weighted by atomic mass is 16.5. The van der Waals surface area contributed by atoms with Crippen molar-refractivity contribution in [1.82, 2.24) is 9.88 Å². The van der Waals surface area contributed by atoms with E-state index in [1.165, 1.54) is 11.1 Å². The molecular weight excluding hydrogens is 360 g/mol. The van der Waals surface area contributed by atoms with E-state index in [9.17, 15) is 0 Å². The molecule has 1 unspecified atom stereocenters. The molecule has 29 heavy (non-hydrogen) atoms. The van der Waals surface area contributed by atoms with Gasteiger partial charge in [0.05, 0.1) is 19.4 Å². The van der Waals surface area contributed by atoms with Gasteiger partial charge >= 0.3 is 0 Å². The van der Waals surface area contributed by atoms with Crippen molar-refractivity contribution in [1.29, 1.82) is 0 Å². The smallest absolute Gasteiger partial charge is 0.118 e. The topological polar surface area (TPSA) is 34.6 Å². The molecule has 3 aromatic rings. The summed E-state index contributed by atoms with van der Waals surface area (Å²) in [5.41, 5.74) is 4.74. The molecule has 1 aliphatic heterocycles. The van der Waals surface area contributed by atoms with Crippen LogP contribution in [-0.2, 0) is 17.6 Å². The Balaban J connectivity index is 1.35. The van der Waals surface area contributed by atoms with Crippen molar-refractivity contribution in [2.24, 2.45) is 0 Å². The molecule has 150 valence electrons. The van der Waals surface area contributed by atoms with E-state index in [0.717, 1.165) is 56.2 Å². The van der Waals surface area contributed by atoms with Crippen molar-refractivity contribution in [3.63, 3.8) is 0 Å². The molecule has 0 N–H and O–H groups in total. The largest absolute Gasteiger partial charge is 0.497 e. The first-order valence-corrected chi connectivity index (χ1v) is 10.3. The van der Waals surface area contributed by atoms with Gasteiger partial charge in [-0.25, -0.2) is 0 Å². The maximum atomic E-state index is 6.06. The fraction of sp³-hybridized carbons (Fsp3) is 0.320. The molecular formula is C25H28N2O2. The van der Waals surface area contributed by atoms with Crippen LogP contribution in [0.15, 0.2) is 72.8 Å². The Kier molecular flexibility index (Phi) is 6.55. The summed E-state index contributed by atoms with van der Waals surface area (Å²) in [5.74, 6) is 0.904. The Morgan fingerprint density at radius 1 is 0.966 bits per heavy atom. The second kappa shape index (κ2) is 9.68. The summed E-state index contributed by atoms with van der Waals surface area (Å²) < 4.78 is 11.3. The molecule has 0 bridgehead atoms. The predicted molar refractivity (Wildman–Crippen MR) is 115 cm³/mol. The van der Waals surface area contributed by atoms with Gasteiger partial charge in [-0.05, 0) is 41.8 Å². The highest BCUT2D eigenvalue weighted by molar-refractivity contribution is 5.27. The molecule has 0 radical (unpaired) electrons. The molecule has 0 saturated carbocycles. The van der Waals surface area contributed by atoms with Crippen LogP contribution in [0.2, 0.25) is 0 Å². The Labute approximate surface area is 173 Å². The van der Waals surface area contributed by atoms with Gasteiger partial charge in [0.1, 0.15) is 11.9 Å². The normalized spacial score (nSPS) is 17.2. The lowest BCUT2D eigenvalue weighted by Crippen LogP contribution is -2.39. The minimum Gasteiger partial charge on any atom is -0.497 e. The van der Waals surface area contributed by atoms with E-state index in [2.05, 4.69) is 59.5 Å². The van der Waals surface area contributed by atoms with E-state index >= 15 is 0 Å². The molecule has 0 aliphatic carbocycles. The second-order valence-electron chi connectivity index (χ2n) is 7.47. The fourth-order valence-corrected chi connectivity index (χ4v) is 3.74. The first-order valence-electron chi connectivity index (χ1n) is 10.3. The summed E-state index contributed by atoms with van der Waals surface area (Å²) in [4.78, 5) is 7.37. The van der Waals surface area contributed by atoms with E-state index in [-0.39, 0.29) is 6.10 Å². The van der Waals surface area contributed by atoms with Crippen LogP contribution >= 0.6 is 0 Å². The fourth-order valence-electron chi connectivity index (χ4n) is 3.74. The number of rotatable bonds is 7. The lowest BCUT2D eigenvalue weighted by Gasteiger charge is -2.32. The zero-order valence-electron chi connectivity index (χ0n) is 17.0. The summed E-state index contributed by atoms with van der Waals surface area (Å²) in [5, 5.41) is 0. The number of hydrogen-bond acceptors (Lipinski definition) is 4. The maximum absolute atomic E-state index is 6.06. The van der Waals surface area contributed by atoms with Gasteiger partial charge in [-0.15, -0.1) is 0 Å². The molecule has 4 heteroatoms. The lowest BCUT2D eigenvalue weighted by atomic mass is 10.1. The van der Waals surface area contributed by atoms with Crippen LogP contribution in [0.4, 0.5) is 0 Å². The summed E-state index contributed by atoms with van der Waals surface area (Å²) in [7, 11) is 1.70. The number of nitrogens with zero attached hydrogens (tertiary/aromatic N) is 2. The van der Waals surface area contributed by atoms with Gasteiger partial charge in [0.15, 0.2) is 0 Å². The van der Waals surface area contributed by atoms with Gasteiger partial charge in [0.25, 0.3) is 0 Å². The molecule has 1 fully saturated rings. The minimum atomic E-state index is 0.0374. The molecule has 1 atom stereocenters. The molecule has 1 saturated heterocycles. The van der Waals surface area contributed by atoms with Gasteiger partial charge in [0.2, 0.25) is 0 Å². The van der Waals surface area contributed by atoms with Crippen molar-refractivity contribution < 1.29 is 9.47 Å². The Morgan fingerprint density at radius 2 is 1.79 bits per heavy atom. The van der Waals surface area contributed by atoms with Crippen LogP contribution in [-0.4, -0.2) is 43.2 Å². The number of benzene rings is 2. The number of morpholine rings is 1. The van der Waals surface area contributed by atoms with Gasteiger partial charge in [0, 0.05) is 31.7 Å². The number of methoxy groups -OCH3 is 1. The third-order valence-corrected chi connectivity index (χ3v) is 5.41. The minimum absolute atomic E-state index is 0.0374. The molecule has 2 aromatic carbocycles. The summed E-state index contributed by atoms with van der Waals surface area (Å²) >= 11 is 0. The first kappa shape index (κ1) is 19.6. The average molecular weight is 389 g/mol. The summed E-state index contributed by atoms with van der Waals surface area (Å²) in [6.07, 6.45) is 1.91. The van der Waals surface area contributed by atoms with Crippen LogP contribution in [0.5, 0.6) is 5.75 Å². The van der Waals surface area contributed by atoms with Crippen molar-refractivity contribution in [2.75, 3.05) is 33.4 Å². The lowest BCUT2D eigenvalue weighted by molar-refractivity contribution is -0.0317. The first-order chi connectivity index (χ1) is 14.3. The Morgan fingerprint density at radius 3 is 2.59 bits per heavy atom. The van der Waals surface area contributed by atoms with Crippen molar-refractivity contribution >= 4 is 0 Å². The number of hydrogen-bond donors (Lipinski definition) is 0.